The molecule has 0 bridgehead atoms. The van der Waals surface area contributed by atoms with Crippen molar-refractivity contribution in [2.24, 2.45) is 5.92 Å². The van der Waals surface area contributed by atoms with Gasteiger partial charge in [-0.2, -0.15) is 26.3 Å². The second-order valence-corrected chi connectivity index (χ2v) is 4.46. The summed E-state index contributed by atoms with van der Waals surface area (Å²) in [6, 6.07) is 6.53. The highest BCUT2D eigenvalue weighted by atomic mass is 19.4. The van der Waals surface area contributed by atoms with Gasteiger partial charge < -0.3 is 5.11 Å². The van der Waals surface area contributed by atoms with Crippen molar-refractivity contribution in [3.8, 4) is 0 Å². The van der Waals surface area contributed by atoms with Crippen molar-refractivity contribution < 1.29 is 31.4 Å². The topological polar surface area (TPSA) is 33.1 Å². The molecule has 8 heteroatoms. The van der Waals surface area contributed by atoms with Crippen LogP contribution in [0.1, 0.15) is 11.7 Å². The number of fused-ring (bicyclic) bond motifs is 1. The Labute approximate surface area is 115 Å². The van der Waals surface area contributed by atoms with Crippen LogP contribution in [0.25, 0.3) is 10.9 Å². The molecule has 0 aliphatic heterocycles. The summed E-state index contributed by atoms with van der Waals surface area (Å²) in [7, 11) is 0. The molecule has 1 unspecified atom stereocenters. The lowest BCUT2D eigenvalue weighted by Crippen LogP contribution is -2.40. The predicted octanol–water partition coefficient (Wildman–Crippen LogP) is 4.01. The van der Waals surface area contributed by atoms with Gasteiger partial charge in [0.1, 0.15) is 0 Å². The van der Waals surface area contributed by atoms with E-state index < -0.39 is 29.9 Å². The van der Waals surface area contributed by atoms with Gasteiger partial charge in [0.05, 0.1) is 11.6 Å². The normalized spacial score (nSPS) is 14.7. The number of pyridine rings is 1. The third kappa shape index (κ3) is 3.26. The number of halogens is 6. The molecule has 2 nitrogen and oxygen atoms in total. The highest BCUT2D eigenvalue weighted by Gasteiger charge is 2.60. The van der Waals surface area contributed by atoms with Gasteiger partial charge in [-0.1, -0.05) is 18.2 Å². The first-order valence-electron chi connectivity index (χ1n) is 5.77. The first kappa shape index (κ1) is 15.6. The molecule has 0 fully saturated rings. The molecule has 0 saturated carbocycles. The smallest absolute Gasteiger partial charge is 0.387 e. The van der Waals surface area contributed by atoms with Gasteiger partial charge in [-0.15, -0.1) is 0 Å². The van der Waals surface area contributed by atoms with Crippen LogP contribution < -0.4 is 0 Å². The van der Waals surface area contributed by atoms with Crippen molar-refractivity contribution in [1.29, 1.82) is 0 Å². The van der Waals surface area contributed by atoms with E-state index in [0.29, 0.717) is 5.39 Å². The Morgan fingerprint density at radius 1 is 0.952 bits per heavy atom. The van der Waals surface area contributed by atoms with E-state index in [0.717, 1.165) is 12.1 Å². The lowest BCUT2D eigenvalue weighted by molar-refractivity contribution is -0.307. The highest BCUT2D eigenvalue weighted by molar-refractivity contribution is 5.78. The second kappa shape index (κ2) is 5.18. The fourth-order valence-electron chi connectivity index (χ4n) is 2.00. The van der Waals surface area contributed by atoms with Crippen LogP contribution in [0, 0.1) is 5.92 Å². The van der Waals surface area contributed by atoms with Crippen LogP contribution >= 0.6 is 0 Å². The molecule has 2 aromatic rings. The van der Waals surface area contributed by atoms with Crippen LogP contribution in [0.2, 0.25) is 0 Å². The maximum absolute atomic E-state index is 12.6. The van der Waals surface area contributed by atoms with Crippen LogP contribution in [-0.4, -0.2) is 22.4 Å². The van der Waals surface area contributed by atoms with Gasteiger partial charge >= 0.3 is 12.4 Å². The predicted molar refractivity (Wildman–Crippen MR) is 62.3 cm³/mol. The van der Waals surface area contributed by atoms with Crippen LogP contribution in [-0.2, 0) is 0 Å². The van der Waals surface area contributed by atoms with Gasteiger partial charge in [-0.05, 0) is 17.7 Å². The monoisotopic (exact) mass is 309 g/mol. The van der Waals surface area contributed by atoms with Crippen molar-refractivity contribution in [2.75, 3.05) is 0 Å². The molecule has 0 radical (unpaired) electrons. The Balaban J connectivity index is 2.46. The van der Waals surface area contributed by atoms with Gasteiger partial charge in [-0.3, -0.25) is 4.98 Å². The van der Waals surface area contributed by atoms with Crippen molar-refractivity contribution in [3.63, 3.8) is 0 Å². The van der Waals surface area contributed by atoms with Crippen molar-refractivity contribution >= 4 is 10.9 Å². The van der Waals surface area contributed by atoms with E-state index in [-0.39, 0.29) is 5.52 Å². The molecule has 0 aliphatic carbocycles. The molecule has 1 aromatic heterocycles. The molecule has 0 amide bonds. The average Bonchev–Trinajstić information content (AvgIpc) is 2.34. The number of hydrogen-bond donors (Lipinski definition) is 1. The molecule has 21 heavy (non-hydrogen) atoms. The summed E-state index contributed by atoms with van der Waals surface area (Å²) in [6.45, 7) is 0. The summed E-state index contributed by atoms with van der Waals surface area (Å²) in [6.07, 6.45) is -12.6. The van der Waals surface area contributed by atoms with E-state index in [1.165, 1.54) is 12.3 Å². The second-order valence-electron chi connectivity index (χ2n) is 4.46. The van der Waals surface area contributed by atoms with Crippen LogP contribution in [0.4, 0.5) is 26.3 Å². The number of hydrogen-bond acceptors (Lipinski definition) is 2. The van der Waals surface area contributed by atoms with E-state index >= 15 is 0 Å². The third-order valence-electron chi connectivity index (χ3n) is 2.99. The van der Waals surface area contributed by atoms with Crippen LogP contribution in [0.15, 0.2) is 36.5 Å². The van der Waals surface area contributed by atoms with E-state index in [9.17, 15) is 31.4 Å². The number of aliphatic hydroxyl groups excluding tert-OH is 1. The number of alkyl halides is 6. The van der Waals surface area contributed by atoms with Crippen molar-refractivity contribution in [2.45, 2.75) is 18.5 Å². The summed E-state index contributed by atoms with van der Waals surface area (Å²) in [5.74, 6) is -3.84. The number of aromatic nitrogens is 1. The third-order valence-corrected chi connectivity index (χ3v) is 2.99. The molecule has 1 N–H and O–H groups in total. The minimum atomic E-state index is -5.60. The molecule has 0 saturated heterocycles. The zero-order chi connectivity index (χ0) is 15.8. The Hall–Kier alpha value is -1.83. The molecular formula is C13H9F6NO. The number of aliphatic hydroxyl groups is 1. The van der Waals surface area contributed by atoms with E-state index in [1.807, 2.05) is 0 Å². The van der Waals surface area contributed by atoms with Crippen LogP contribution in [0.3, 0.4) is 0 Å². The van der Waals surface area contributed by atoms with E-state index in [2.05, 4.69) is 4.98 Å². The lowest BCUT2D eigenvalue weighted by Gasteiger charge is -2.27. The molecule has 0 aliphatic rings. The lowest BCUT2D eigenvalue weighted by atomic mass is 9.94. The Bertz CT molecular complexity index is 622. The fourth-order valence-corrected chi connectivity index (χ4v) is 2.00. The van der Waals surface area contributed by atoms with Gasteiger partial charge in [0.2, 0.25) is 0 Å². The number of nitrogens with zero attached hydrogens (tertiary/aromatic N) is 1. The SMILES string of the molecule is OC(c1ccc2cccnc2c1)C(C(F)(F)F)C(F)(F)F. The summed E-state index contributed by atoms with van der Waals surface area (Å²) < 4.78 is 75.4. The quantitative estimate of drug-likeness (QED) is 0.850. The Morgan fingerprint density at radius 3 is 2.14 bits per heavy atom. The molecule has 2 rings (SSSR count). The number of rotatable bonds is 2. The maximum atomic E-state index is 12.6. The van der Waals surface area contributed by atoms with Crippen molar-refractivity contribution in [1.82, 2.24) is 4.98 Å². The zero-order valence-electron chi connectivity index (χ0n) is 10.3. The summed E-state index contributed by atoms with van der Waals surface area (Å²) >= 11 is 0. The minimum absolute atomic E-state index is 0.206. The summed E-state index contributed by atoms with van der Waals surface area (Å²) in [4.78, 5) is 3.83. The molecule has 0 spiro atoms. The molecule has 1 atom stereocenters. The summed E-state index contributed by atoms with van der Waals surface area (Å²) in [5, 5.41) is 10.1. The fraction of sp³-hybridized carbons (Fsp3) is 0.308. The summed E-state index contributed by atoms with van der Waals surface area (Å²) in [5.41, 5.74) is -0.280. The Morgan fingerprint density at radius 2 is 1.57 bits per heavy atom. The molecule has 1 heterocycles. The largest absolute Gasteiger partial charge is 0.403 e. The van der Waals surface area contributed by atoms with E-state index in [4.69, 9.17) is 0 Å². The zero-order valence-corrected chi connectivity index (χ0v) is 10.3. The maximum Gasteiger partial charge on any atom is 0.403 e. The molecular weight excluding hydrogens is 300 g/mol. The first-order valence-corrected chi connectivity index (χ1v) is 5.77. The molecule has 1 aromatic carbocycles. The standard InChI is InChI=1S/C13H9F6NO/c14-12(15,16)11(13(17,18)19)10(21)8-4-3-7-2-1-5-20-9(7)6-8/h1-6,10-11,21H. The van der Waals surface area contributed by atoms with Gasteiger partial charge in [0.25, 0.3) is 0 Å². The highest BCUT2D eigenvalue weighted by Crippen LogP contribution is 2.46. The first-order chi connectivity index (χ1) is 9.60. The van der Waals surface area contributed by atoms with Crippen molar-refractivity contribution in [3.05, 3.63) is 42.1 Å². The van der Waals surface area contributed by atoms with Gasteiger partial charge in [0, 0.05) is 11.6 Å². The number of benzene rings is 1. The van der Waals surface area contributed by atoms with Crippen LogP contribution in [0.5, 0.6) is 0 Å². The van der Waals surface area contributed by atoms with Gasteiger partial charge in [-0.25, -0.2) is 0 Å². The minimum Gasteiger partial charge on any atom is -0.387 e. The van der Waals surface area contributed by atoms with E-state index in [1.54, 1.807) is 12.1 Å². The van der Waals surface area contributed by atoms with Gasteiger partial charge in [0.15, 0.2) is 5.92 Å². The Kier molecular flexibility index (Phi) is 3.83. The molecule has 114 valence electrons. The average molecular weight is 309 g/mol.